The van der Waals surface area contributed by atoms with Gasteiger partial charge in [-0.1, -0.05) is 26.0 Å². The SMILES string of the molecule is CC1CC(O)(C2C=CCN2)C1C. The van der Waals surface area contributed by atoms with E-state index in [2.05, 4.69) is 31.3 Å². The summed E-state index contributed by atoms with van der Waals surface area (Å²) in [6, 6.07) is 0.198. The Balaban J connectivity index is 2.07. The first-order valence-electron chi connectivity index (χ1n) is 4.77. The van der Waals surface area contributed by atoms with Gasteiger partial charge in [-0.15, -0.1) is 0 Å². The molecule has 2 rings (SSSR count). The lowest BCUT2D eigenvalue weighted by atomic mass is 9.60. The lowest BCUT2D eigenvalue weighted by Gasteiger charge is -2.52. The van der Waals surface area contributed by atoms with Gasteiger partial charge in [0, 0.05) is 6.54 Å². The third-order valence-electron chi connectivity index (χ3n) is 3.61. The van der Waals surface area contributed by atoms with Gasteiger partial charge in [-0.05, 0) is 18.3 Å². The molecular weight excluding hydrogens is 150 g/mol. The Kier molecular flexibility index (Phi) is 1.77. The minimum atomic E-state index is -0.466. The highest BCUT2D eigenvalue weighted by Gasteiger charge is 2.52. The molecule has 0 bridgehead atoms. The van der Waals surface area contributed by atoms with Crippen LogP contribution >= 0.6 is 0 Å². The second-order valence-electron chi connectivity index (χ2n) is 4.28. The Morgan fingerprint density at radius 3 is 2.67 bits per heavy atom. The summed E-state index contributed by atoms with van der Waals surface area (Å²) >= 11 is 0. The minimum absolute atomic E-state index is 0.198. The van der Waals surface area contributed by atoms with Crippen molar-refractivity contribution in [2.24, 2.45) is 11.8 Å². The number of nitrogens with one attached hydrogen (secondary N) is 1. The van der Waals surface area contributed by atoms with Gasteiger partial charge in [0.2, 0.25) is 0 Å². The molecular formula is C10H17NO. The van der Waals surface area contributed by atoms with Crippen molar-refractivity contribution in [1.82, 2.24) is 5.32 Å². The summed E-state index contributed by atoms with van der Waals surface area (Å²) in [6.45, 7) is 5.26. The maximum absolute atomic E-state index is 10.2. The average molecular weight is 167 g/mol. The Morgan fingerprint density at radius 1 is 1.50 bits per heavy atom. The third-order valence-corrected chi connectivity index (χ3v) is 3.61. The molecule has 0 radical (unpaired) electrons. The van der Waals surface area contributed by atoms with E-state index in [1.54, 1.807) is 0 Å². The average Bonchev–Trinajstić information content (AvgIpc) is 2.56. The normalized spacial score (nSPS) is 52.4. The van der Waals surface area contributed by atoms with Crippen LogP contribution in [0.15, 0.2) is 12.2 Å². The Morgan fingerprint density at radius 2 is 2.25 bits per heavy atom. The van der Waals surface area contributed by atoms with Crippen molar-refractivity contribution in [3.63, 3.8) is 0 Å². The Hall–Kier alpha value is -0.340. The topological polar surface area (TPSA) is 32.3 Å². The summed E-state index contributed by atoms with van der Waals surface area (Å²) < 4.78 is 0. The molecule has 12 heavy (non-hydrogen) atoms. The lowest BCUT2D eigenvalue weighted by Crippen LogP contribution is -2.61. The zero-order valence-electron chi connectivity index (χ0n) is 7.75. The molecule has 2 nitrogen and oxygen atoms in total. The zero-order valence-corrected chi connectivity index (χ0v) is 7.75. The summed E-state index contributed by atoms with van der Waals surface area (Å²) in [6.07, 6.45) is 5.14. The number of hydrogen-bond acceptors (Lipinski definition) is 2. The van der Waals surface area contributed by atoms with Crippen molar-refractivity contribution in [2.75, 3.05) is 6.54 Å². The van der Waals surface area contributed by atoms with Crippen LogP contribution in [-0.4, -0.2) is 23.3 Å². The molecule has 4 atom stereocenters. The van der Waals surface area contributed by atoms with E-state index in [0.717, 1.165) is 13.0 Å². The minimum Gasteiger partial charge on any atom is -0.388 e. The highest BCUT2D eigenvalue weighted by molar-refractivity contribution is 5.16. The fourth-order valence-electron chi connectivity index (χ4n) is 2.43. The summed E-state index contributed by atoms with van der Waals surface area (Å²) in [5.41, 5.74) is -0.466. The second-order valence-corrected chi connectivity index (χ2v) is 4.28. The quantitative estimate of drug-likeness (QED) is 0.569. The summed E-state index contributed by atoms with van der Waals surface area (Å²) in [5, 5.41) is 13.5. The molecule has 0 amide bonds. The molecule has 2 heteroatoms. The fourth-order valence-corrected chi connectivity index (χ4v) is 2.43. The van der Waals surface area contributed by atoms with Gasteiger partial charge in [0.15, 0.2) is 0 Å². The maximum atomic E-state index is 10.2. The summed E-state index contributed by atoms with van der Waals surface area (Å²) in [4.78, 5) is 0. The van der Waals surface area contributed by atoms with Crippen molar-refractivity contribution >= 4 is 0 Å². The Bertz CT molecular complexity index is 214. The molecule has 0 aromatic heterocycles. The number of aliphatic hydroxyl groups is 1. The smallest absolute Gasteiger partial charge is 0.0866 e. The van der Waals surface area contributed by atoms with Gasteiger partial charge in [-0.3, -0.25) is 0 Å². The van der Waals surface area contributed by atoms with Crippen molar-refractivity contribution in [1.29, 1.82) is 0 Å². The van der Waals surface area contributed by atoms with E-state index in [9.17, 15) is 5.11 Å². The van der Waals surface area contributed by atoms with Gasteiger partial charge in [0.05, 0.1) is 11.6 Å². The van der Waals surface area contributed by atoms with E-state index >= 15 is 0 Å². The van der Waals surface area contributed by atoms with Crippen LogP contribution in [0.2, 0.25) is 0 Å². The van der Waals surface area contributed by atoms with E-state index in [4.69, 9.17) is 0 Å². The van der Waals surface area contributed by atoms with Crippen LogP contribution < -0.4 is 5.32 Å². The van der Waals surface area contributed by atoms with E-state index < -0.39 is 5.60 Å². The van der Waals surface area contributed by atoms with Gasteiger partial charge in [0.25, 0.3) is 0 Å². The second kappa shape index (κ2) is 2.57. The van der Waals surface area contributed by atoms with Crippen molar-refractivity contribution < 1.29 is 5.11 Å². The van der Waals surface area contributed by atoms with E-state index in [0.29, 0.717) is 11.8 Å². The highest BCUT2D eigenvalue weighted by atomic mass is 16.3. The molecule has 0 spiro atoms. The predicted molar refractivity (Wildman–Crippen MR) is 48.8 cm³/mol. The van der Waals surface area contributed by atoms with E-state index in [1.165, 1.54) is 0 Å². The van der Waals surface area contributed by atoms with Gasteiger partial charge >= 0.3 is 0 Å². The standard InChI is InChI=1S/C10H17NO/c1-7-6-10(12,8(7)2)9-4-3-5-11-9/h3-4,7-9,11-12H,5-6H2,1-2H3. The highest BCUT2D eigenvalue weighted by Crippen LogP contribution is 2.46. The molecule has 1 saturated carbocycles. The van der Waals surface area contributed by atoms with Crippen LogP contribution in [0, 0.1) is 11.8 Å². The molecule has 0 saturated heterocycles. The van der Waals surface area contributed by atoms with Crippen LogP contribution in [0.4, 0.5) is 0 Å². The van der Waals surface area contributed by atoms with Gasteiger partial charge in [-0.2, -0.15) is 0 Å². The van der Waals surface area contributed by atoms with Gasteiger partial charge in [-0.25, -0.2) is 0 Å². The molecule has 1 aliphatic carbocycles. The molecule has 1 heterocycles. The lowest BCUT2D eigenvalue weighted by molar-refractivity contribution is -0.136. The number of hydrogen-bond donors (Lipinski definition) is 2. The molecule has 4 unspecified atom stereocenters. The van der Waals surface area contributed by atoms with Crippen LogP contribution in [0.25, 0.3) is 0 Å². The van der Waals surface area contributed by atoms with Gasteiger partial charge < -0.3 is 10.4 Å². The van der Waals surface area contributed by atoms with E-state index in [-0.39, 0.29) is 6.04 Å². The molecule has 68 valence electrons. The molecule has 0 aromatic rings. The fraction of sp³-hybridized carbons (Fsp3) is 0.800. The maximum Gasteiger partial charge on any atom is 0.0866 e. The predicted octanol–water partition coefficient (Wildman–Crippen LogP) is 0.921. The van der Waals surface area contributed by atoms with Crippen LogP contribution in [0.3, 0.4) is 0 Å². The van der Waals surface area contributed by atoms with Gasteiger partial charge in [0.1, 0.15) is 0 Å². The Labute approximate surface area is 73.7 Å². The first-order chi connectivity index (χ1) is 5.64. The zero-order chi connectivity index (χ0) is 8.77. The summed E-state index contributed by atoms with van der Waals surface area (Å²) in [7, 11) is 0. The molecule has 1 aliphatic heterocycles. The van der Waals surface area contributed by atoms with E-state index in [1.807, 2.05) is 0 Å². The molecule has 2 N–H and O–H groups in total. The largest absolute Gasteiger partial charge is 0.388 e. The molecule has 1 fully saturated rings. The van der Waals surface area contributed by atoms with Crippen molar-refractivity contribution in [3.05, 3.63) is 12.2 Å². The first-order valence-corrected chi connectivity index (χ1v) is 4.77. The van der Waals surface area contributed by atoms with Crippen LogP contribution in [0.5, 0.6) is 0 Å². The number of rotatable bonds is 1. The summed E-state index contributed by atoms with van der Waals surface area (Å²) in [5.74, 6) is 1.10. The molecule has 2 aliphatic rings. The third kappa shape index (κ3) is 0.947. The van der Waals surface area contributed by atoms with Crippen molar-refractivity contribution in [3.8, 4) is 0 Å². The first kappa shape index (κ1) is 8.27. The monoisotopic (exact) mass is 167 g/mol. The van der Waals surface area contributed by atoms with Crippen molar-refractivity contribution in [2.45, 2.75) is 31.9 Å². The van der Waals surface area contributed by atoms with Crippen LogP contribution in [0.1, 0.15) is 20.3 Å². The molecule has 0 aromatic carbocycles. The van der Waals surface area contributed by atoms with Crippen LogP contribution in [-0.2, 0) is 0 Å².